The van der Waals surface area contributed by atoms with Crippen LogP contribution in [0.3, 0.4) is 0 Å². The molecule has 4 rings (SSSR count). The molecule has 32 heavy (non-hydrogen) atoms. The van der Waals surface area contributed by atoms with Gasteiger partial charge in [0.1, 0.15) is 24.1 Å². The molecule has 0 saturated heterocycles. The smallest absolute Gasteiger partial charge is 0.178 e. The number of aryl methyl sites for hydroxylation is 1. The van der Waals surface area contributed by atoms with Crippen molar-refractivity contribution in [2.45, 2.75) is 25.9 Å². The molecule has 1 aliphatic heterocycles. The van der Waals surface area contributed by atoms with E-state index in [0.717, 1.165) is 65.1 Å². The van der Waals surface area contributed by atoms with E-state index in [0.29, 0.717) is 6.61 Å². The molecule has 1 unspecified atom stereocenters. The lowest BCUT2D eigenvalue weighted by atomic mass is 10.0. The number of anilines is 2. The Morgan fingerprint density at radius 3 is 3.00 bits per heavy atom. The highest BCUT2D eigenvalue weighted by Gasteiger charge is 2.25. The number of pyridine rings is 1. The Morgan fingerprint density at radius 1 is 1.31 bits per heavy atom. The van der Waals surface area contributed by atoms with Crippen molar-refractivity contribution < 1.29 is 9.47 Å². The molecule has 10 heteroatoms. The zero-order valence-corrected chi connectivity index (χ0v) is 19.7. The molecule has 0 bridgehead atoms. The Balaban J connectivity index is 1.73. The number of aromatic nitrogens is 5. The number of likely N-dealkylation sites (N-methyl/N-ethyl adjacent to an activating group) is 1. The summed E-state index contributed by atoms with van der Waals surface area (Å²) in [5.41, 5.74) is 3.97. The summed E-state index contributed by atoms with van der Waals surface area (Å²) in [6, 6.07) is 5.83. The van der Waals surface area contributed by atoms with Gasteiger partial charge < -0.3 is 19.7 Å². The van der Waals surface area contributed by atoms with Crippen molar-refractivity contribution in [2.24, 2.45) is 0 Å². The monoisotopic (exact) mass is 455 g/mol. The number of thioether (sulfide) groups is 1. The van der Waals surface area contributed by atoms with Crippen LogP contribution in [0.5, 0.6) is 11.5 Å². The Labute approximate surface area is 192 Å². The van der Waals surface area contributed by atoms with E-state index in [4.69, 9.17) is 9.47 Å². The van der Waals surface area contributed by atoms with Crippen LogP contribution in [-0.4, -0.2) is 64.5 Å². The molecule has 0 saturated carbocycles. The van der Waals surface area contributed by atoms with Crippen molar-refractivity contribution in [2.75, 3.05) is 49.5 Å². The van der Waals surface area contributed by atoms with Crippen LogP contribution >= 0.6 is 11.8 Å². The van der Waals surface area contributed by atoms with Gasteiger partial charge in [0, 0.05) is 31.0 Å². The normalized spacial score (nSPS) is 13.9. The third-order valence-corrected chi connectivity index (χ3v) is 6.34. The molecule has 0 spiro atoms. The number of hydrogen-bond donors (Lipinski definition) is 1. The summed E-state index contributed by atoms with van der Waals surface area (Å²) in [7, 11) is 3.73. The van der Waals surface area contributed by atoms with Crippen LogP contribution in [-0.2, 0) is 6.54 Å². The van der Waals surface area contributed by atoms with E-state index in [9.17, 15) is 0 Å². The van der Waals surface area contributed by atoms with Crippen LogP contribution < -0.4 is 19.7 Å². The highest BCUT2D eigenvalue weighted by atomic mass is 32.2. The van der Waals surface area contributed by atoms with Gasteiger partial charge >= 0.3 is 0 Å². The molecule has 1 atom stereocenters. The number of hydrogen-bond acceptors (Lipinski definition) is 9. The maximum absolute atomic E-state index is 5.80. The van der Waals surface area contributed by atoms with Gasteiger partial charge in [0.2, 0.25) is 0 Å². The number of ether oxygens (including phenoxy) is 2. The van der Waals surface area contributed by atoms with E-state index in [1.807, 2.05) is 41.7 Å². The average Bonchev–Trinajstić information content (AvgIpc) is 3.27. The van der Waals surface area contributed by atoms with Crippen LogP contribution in [0.25, 0.3) is 0 Å². The van der Waals surface area contributed by atoms with Crippen molar-refractivity contribution in [3.05, 3.63) is 47.5 Å². The van der Waals surface area contributed by atoms with Gasteiger partial charge in [-0.25, -0.2) is 4.68 Å². The molecule has 3 heterocycles. The number of fused-ring (bicyclic) bond motifs is 1. The molecule has 2 aromatic heterocycles. The highest BCUT2D eigenvalue weighted by molar-refractivity contribution is 7.98. The van der Waals surface area contributed by atoms with Crippen LogP contribution in [0.15, 0.2) is 30.6 Å². The molecule has 1 aliphatic rings. The standard InChI is InChI=1S/C22H29N7O2S/c1-15-17(13-23-14-20(15)30-3)21(22-25-26-27-29(22)8-5-11-32-4)24-16-6-7-19-18(12-16)28(2)9-10-31-19/h6-7,12-14,21,24H,5,8-11H2,1-4H3. The van der Waals surface area contributed by atoms with Crippen molar-refractivity contribution >= 4 is 23.1 Å². The molecular formula is C22H29N7O2S. The van der Waals surface area contributed by atoms with E-state index >= 15 is 0 Å². The first-order valence-corrected chi connectivity index (χ1v) is 12.0. The zero-order valence-electron chi connectivity index (χ0n) is 18.9. The summed E-state index contributed by atoms with van der Waals surface area (Å²) in [4.78, 5) is 6.60. The summed E-state index contributed by atoms with van der Waals surface area (Å²) >= 11 is 1.82. The second-order valence-corrected chi connectivity index (χ2v) is 8.68. The van der Waals surface area contributed by atoms with E-state index in [2.05, 4.69) is 50.1 Å². The lowest BCUT2D eigenvalue weighted by molar-refractivity contribution is 0.311. The molecule has 0 radical (unpaired) electrons. The third kappa shape index (κ3) is 4.59. The minimum absolute atomic E-state index is 0.297. The first kappa shape index (κ1) is 22.2. The van der Waals surface area contributed by atoms with Crippen LogP contribution in [0.2, 0.25) is 0 Å². The van der Waals surface area contributed by atoms with Crippen molar-refractivity contribution in [1.29, 1.82) is 0 Å². The third-order valence-electron chi connectivity index (χ3n) is 5.64. The Kier molecular flexibility index (Phi) is 6.99. The fourth-order valence-corrected chi connectivity index (χ4v) is 4.26. The molecule has 170 valence electrons. The fraction of sp³-hybridized carbons (Fsp3) is 0.455. The maximum atomic E-state index is 5.80. The second-order valence-electron chi connectivity index (χ2n) is 7.69. The first-order chi connectivity index (χ1) is 15.6. The van der Waals surface area contributed by atoms with Gasteiger partial charge in [0.15, 0.2) is 5.82 Å². The van der Waals surface area contributed by atoms with Gasteiger partial charge in [-0.2, -0.15) is 11.8 Å². The van der Waals surface area contributed by atoms with Gasteiger partial charge in [-0.1, -0.05) is 0 Å². The van der Waals surface area contributed by atoms with Crippen molar-refractivity contribution in [3.8, 4) is 11.5 Å². The predicted octanol–water partition coefficient (Wildman–Crippen LogP) is 3.17. The SMILES string of the molecule is COc1cncc(C(Nc2ccc3c(c2)N(C)CCO3)c2nnnn2CCCSC)c1C. The van der Waals surface area contributed by atoms with Gasteiger partial charge in [0.25, 0.3) is 0 Å². The quantitative estimate of drug-likeness (QED) is 0.489. The van der Waals surface area contributed by atoms with Gasteiger partial charge in [-0.15, -0.1) is 5.10 Å². The highest BCUT2D eigenvalue weighted by Crippen LogP contribution is 2.36. The second kappa shape index (κ2) is 10.1. The lowest BCUT2D eigenvalue weighted by Gasteiger charge is -2.29. The molecule has 9 nitrogen and oxygen atoms in total. The lowest BCUT2D eigenvalue weighted by Crippen LogP contribution is -2.29. The zero-order chi connectivity index (χ0) is 22.5. The molecular weight excluding hydrogens is 426 g/mol. The Hall–Kier alpha value is -3.01. The molecule has 0 amide bonds. The van der Waals surface area contributed by atoms with E-state index < -0.39 is 0 Å². The fourth-order valence-electron chi connectivity index (χ4n) is 3.84. The van der Waals surface area contributed by atoms with Gasteiger partial charge in [0.05, 0.1) is 25.5 Å². The average molecular weight is 456 g/mol. The summed E-state index contributed by atoms with van der Waals surface area (Å²) in [5, 5.41) is 16.3. The number of methoxy groups -OCH3 is 1. The summed E-state index contributed by atoms with van der Waals surface area (Å²) in [6.07, 6.45) is 6.67. The topological polar surface area (TPSA) is 90.2 Å². The number of rotatable bonds is 9. The number of tetrazole rings is 1. The van der Waals surface area contributed by atoms with E-state index in [1.165, 1.54) is 0 Å². The number of benzene rings is 1. The minimum atomic E-state index is -0.297. The molecule has 0 fully saturated rings. The van der Waals surface area contributed by atoms with Crippen molar-refractivity contribution in [1.82, 2.24) is 25.2 Å². The Bertz CT molecular complexity index is 1060. The predicted molar refractivity (Wildman–Crippen MR) is 127 cm³/mol. The minimum Gasteiger partial charge on any atom is -0.495 e. The summed E-state index contributed by atoms with van der Waals surface area (Å²) in [5.74, 6) is 3.41. The van der Waals surface area contributed by atoms with Crippen LogP contribution in [0.4, 0.5) is 11.4 Å². The van der Waals surface area contributed by atoms with Crippen molar-refractivity contribution in [3.63, 3.8) is 0 Å². The first-order valence-electron chi connectivity index (χ1n) is 10.6. The van der Waals surface area contributed by atoms with Crippen LogP contribution in [0, 0.1) is 6.92 Å². The summed E-state index contributed by atoms with van der Waals surface area (Å²) in [6.45, 7) is 4.32. The largest absolute Gasteiger partial charge is 0.495 e. The number of nitrogens with zero attached hydrogens (tertiary/aromatic N) is 6. The van der Waals surface area contributed by atoms with Gasteiger partial charge in [-0.05, 0) is 59.5 Å². The summed E-state index contributed by atoms with van der Waals surface area (Å²) < 4.78 is 13.2. The van der Waals surface area contributed by atoms with E-state index in [-0.39, 0.29) is 6.04 Å². The number of nitrogens with one attached hydrogen (secondary N) is 1. The van der Waals surface area contributed by atoms with Crippen LogP contribution in [0.1, 0.15) is 29.4 Å². The molecule has 0 aliphatic carbocycles. The van der Waals surface area contributed by atoms with Gasteiger partial charge in [-0.3, -0.25) is 4.98 Å². The molecule has 1 aromatic carbocycles. The van der Waals surface area contributed by atoms with E-state index in [1.54, 1.807) is 13.3 Å². The Morgan fingerprint density at radius 2 is 2.19 bits per heavy atom. The molecule has 3 aromatic rings. The molecule has 1 N–H and O–H groups in total. The maximum Gasteiger partial charge on any atom is 0.178 e.